The van der Waals surface area contributed by atoms with Gasteiger partial charge < -0.3 is 4.90 Å². The zero-order valence-electron chi connectivity index (χ0n) is 10.3. The minimum Gasteiger partial charge on any atom is -0.337 e. The first-order chi connectivity index (χ1) is 8.11. The number of piperidine rings is 1. The Labute approximate surface area is 107 Å². The molecule has 0 aromatic carbocycles. The molecule has 0 N–H and O–H groups in total. The summed E-state index contributed by atoms with van der Waals surface area (Å²) in [6, 6.07) is 0. The van der Waals surface area contributed by atoms with Crippen molar-refractivity contribution >= 4 is 17.5 Å². The summed E-state index contributed by atoms with van der Waals surface area (Å²) in [7, 11) is 0. The van der Waals surface area contributed by atoms with Crippen LogP contribution in [0.15, 0.2) is 6.20 Å². The monoisotopic (exact) mass is 255 g/mol. The summed E-state index contributed by atoms with van der Waals surface area (Å²) < 4.78 is 1.70. The topological polar surface area (TPSA) is 38.1 Å². The molecule has 1 aliphatic rings. The van der Waals surface area contributed by atoms with Crippen molar-refractivity contribution in [1.82, 2.24) is 14.7 Å². The van der Waals surface area contributed by atoms with Crippen molar-refractivity contribution in [2.45, 2.75) is 33.2 Å². The molecule has 0 radical (unpaired) electrons. The average molecular weight is 256 g/mol. The molecule has 1 unspecified atom stereocenters. The lowest BCUT2D eigenvalue weighted by Gasteiger charge is -2.30. The van der Waals surface area contributed by atoms with E-state index >= 15 is 0 Å². The van der Waals surface area contributed by atoms with Gasteiger partial charge in [-0.3, -0.25) is 9.48 Å². The Kier molecular flexibility index (Phi) is 3.72. The van der Waals surface area contributed by atoms with Gasteiger partial charge in [0, 0.05) is 25.8 Å². The Morgan fingerprint density at radius 2 is 2.41 bits per heavy atom. The molecule has 5 heteroatoms. The molecule has 2 heterocycles. The molecule has 2 rings (SSSR count). The molecule has 0 spiro atoms. The number of carbonyl (C=O) groups excluding carboxylic acids is 1. The molecule has 94 valence electrons. The summed E-state index contributed by atoms with van der Waals surface area (Å²) in [5, 5.41) is 4.68. The third kappa shape index (κ3) is 2.63. The van der Waals surface area contributed by atoms with E-state index in [1.807, 2.05) is 11.8 Å². The zero-order chi connectivity index (χ0) is 12.4. The Hall–Kier alpha value is -1.03. The van der Waals surface area contributed by atoms with Gasteiger partial charge in [0.25, 0.3) is 5.91 Å². The van der Waals surface area contributed by atoms with E-state index in [2.05, 4.69) is 12.0 Å². The lowest BCUT2D eigenvalue weighted by atomic mass is 10.0. The smallest absolute Gasteiger partial charge is 0.275 e. The highest BCUT2D eigenvalue weighted by molar-refractivity contribution is 6.33. The quantitative estimate of drug-likeness (QED) is 0.814. The van der Waals surface area contributed by atoms with Crippen molar-refractivity contribution in [3.63, 3.8) is 0 Å². The molecule has 1 saturated heterocycles. The maximum absolute atomic E-state index is 12.3. The lowest BCUT2D eigenvalue weighted by molar-refractivity contribution is 0.0676. The standard InChI is InChI=1S/C12H18ClN3O/c1-3-16-8-10(13)11(14-16)12(17)15-6-4-5-9(2)7-15/h8-9H,3-7H2,1-2H3. The predicted octanol–water partition coefficient (Wildman–Crippen LogP) is 2.43. The highest BCUT2D eigenvalue weighted by Crippen LogP contribution is 2.21. The van der Waals surface area contributed by atoms with E-state index in [0.717, 1.165) is 26.1 Å². The molecule has 1 atom stereocenters. The highest BCUT2D eigenvalue weighted by atomic mass is 35.5. The fourth-order valence-corrected chi connectivity index (χ4v) is 2.46. The summed E-state index contributed by atoms with van der Waals surface area (Å²) in [5.74, 6) is 0.536. The molecule has 17 heavy (non-hydrogen) atoms. The van der Waals surface area contributed by atoms with Crippen LogP contribution in [-0.2, 0) is 6.54 Å². The first-order valence-corrected chi connectivity index (χ1v) is 6.51. The first kappa shape index (κ1) is 12.4. The van der Waals surface area contributed by atoms with Gasteiger partial charge in [-0.2, -0.15) is 5.10 Å². The number of nitrogens with zero attached hydrogens (tertiary/aromatic N) is 3. The van der Waals surface area contributed by atoms with Crippen LogP contribution in [0, 0.1) is 5.92 Å². The van der Waals surface area contributed by atoms with Crippen LogP contribution in [0.25, 0.3) is 0 Å². The Balaban J connectivity index is 2.15. The largest absolute Gasteiger partial charge is 0.337 e. The zero-order valence-corrected chi connectivity index (χ0v) is 11.1. The SMILES string of the molecule is CCn1cc(Cl)c(C(=O)N2CCCC(C)C2)n1. The van der Waals surface area contributed by atoms with Crippen LogP contribution >= 0.6 is 11.6 Å². The van der Waals surface area contributed by atoms with E-state index in [1.165, 1.54) is 6.42 Å². The second kappa shape index (κ2) is 5.08. The second-order valence-corrected chi connectivity index (χ2v) is 5.09. The predicted molar refractivity (Wildman–Crippen MR) is 67.2 cm³/mol. The third-order valence-corrected chi connectivity index (χ3v) is 3.46. The van der Waals surface area contributed by atoms with Gasteiger partial charge in [0.2, 0.25) is 0 Å². The van der Waals surface area contributed by atoms with Gasteiger partial charge in [0.15, 0.2) is 5.69 Å². The van der Waals surface area contributed by atoms with Gasteiger partial charge in [-0.15, -0.1) is 0 Å². The van der Waals surface area contributed by atoms with Crippen molar-refractivity contribution in [2.24, 2.45) is 5.92 Å². The van der Waals surface area contributed by atoms with Gasteiger partial charge in [-0.05, 0) is 25.7 Å². The summed E-state index contributed by atoms with van der Waals surface area (Å²) in [6.07, 6.45) is 3.97. The van der Waals surface area contributed by atoms with E-state index < -0.39 is 0 Å². The average Bonchev–Trinajstić information content (AvgIpc) is 2.69. The molecular formula is C12H18ClN3O. The van der Waals surface area contributed by atoms with Crippen LogP contribution < -0.4 is 0 Å². The Morgan fingerprint density at radius 3 is 3.00 bits per heavy atom. The van der Waals surface area contributed by atoms with Gasteiger partial charge in [-0.25, -0.2) is 0 Å². The van der Waals surface area contributed by atoms with Crippen molar-refractivity contribution in [2.75, 3.05) is 13.1 Å². The molecular weight excluding hydrogens is 238 g/mol. The van der Waals surface area contributed by atoms with Gasteiger partial charge in [0.1, 0.15) is 0 Å². The molecule has 0 saturated carbocycles. The minimum absolute atomic E-state index is 0.0336. The van der Waals surface area contributed by atoms with Crippen LogP contribution in [0.1, 0.15) is 37.2 Å². The van der Waals surface area contributed by atoms with Crippen LogP contribution in [0.2, 0.25) is 5.02 Å². The maximum atomic E-state index is 12.3. The van der Waals surface area contributed by atoms with Gasteiger partial charge >= 0.3 is 0 Å². The van der Waals surface area contributed by atoms with E-state index in [-0.39, 0.29) is 5.91 Å². The molecule has 4 nitrogen and oxygen atoms in total. The van der Waals surface area contributed by atoms with Crippen molar-refractivity contribution in [1.29, 1.82) is 0 Å². The molecule has 1 aromatic heterocycles. The Morgan fingerprint density at radius 1 is 1.65 bits per heavy atom. The van der Waals surface area contributed by atoms with E-state index in [1.54, 1.807) is 10.9 Å². The van der Waals surface area contributed by atoms with Gasteiger partial charge in [0.05, 0.1) is 5.02 Å². The van der Waals surface area contributed by atoms with Gasteiger partial charge in [-0.1, -0.05) is 18.5 Å². The number of rotatable bonds is 2. The summed E-state index contributed by atoms with van der Waals surface area (Å²) in [5.41, 5.74) is 0.391. The third-order valence-electron chi connectivity index (χ3n) is 3.19. The van der Waals surface area contributed by atoms with Crippen molar-refractivity contribution < 1.29 is 4.79 Å². The molecule has 0 bridgehead atoms. The number of aromatic nitrogens is 2. The van der Waals surface area contributed by atoms with E-state index in [0.29, 0.717) is 16.6 Å². The fourth-order valence-electron chi connectivity index (χ4n) is 2.23. The van der Waals surface area contributed by atoms with Crippen molar-refractivity contribution in [3.8, 4) is 0 Å². The van der Waals surface area contributed by atoms with E-state index in [4.69, 9.17) is 11.6 Å². The lowest BCUT2D eigenvalue weighted by Crippen LogP contribution is -2.39. The van der Waals surface area contributed by atoms with Crippen LogP contribution in [0.4, 0.5) is 0 Å². The number of aryl methyl sites for hydroxylation is 1. The number of amides is 1. The summed E-state index contributed by atoms with van der Waals surface area (Å²) >= 11 is 6.04. The van der Waals surface area contributed by atoms with Crippen LogP contribution in [0.3, 0.4) is 0 Å². The summed E-state index contributed by atoms with van der Waals surface area (Å²) in [4.78, 5) is 14.1. The van der Waals surface area contributed by atoms with Crippen LogP contribution in [0.5, 0.6) is 0 Å². The first-order valence-electron chi connectivity index (χ1n) is 6.14. The number of halogens is 1. The second-order valence-electron chi connectivity index (χ2n) is 4.68. The van der Waals surface area contributed by atoms with Crippen LogP contribution in [-0.4, -0.2) is 33.7 Å². The normalized spacial score (nSPS) is 20.6. The summed E-state index contributed by atoms with van der Waals surface area (Å²) in [6.45, 7) is 6.50. The van der Waals surface area contributed by atoms with Crippen molar-refractivity contribution in [3.05, 3.63) is 16.9 Å². The molecule has 1 amide bonds. The molecule has 1 aromatic rings. The fraction of sp³-hybridized carbons (Fsp3) is 0.667. The number of hydrogen-bond acceptors (Lipinski definition) is 2. The maximum Gasteiger partial charge on any atom is 0.275 e. The highest BCUT2D eigenvalue weighted by Gasteiger charge is 2.25. The Bertz CT molecular complexity index is 416. The number of carbonyl (C=O) groups is 1. The molecule has 1 aliphatic heterocycles. The van der Waals surface area contributed by atoms with E-state index in [9.17, 15) is 4.79 Å². The minimum atomic E-state index is -0.0336. The molecule has 0 aliphatic carbocycles. The number of hydrogen-bond donors (Lipinski definition) is 0. The molecule has 1 fully saturated rings. The number of likely N-dealkylation sites (tertiary alicyclic amines) is 1.